The number of nitriles is 1. The SMILES string of the molecule is COc1ccc2cc(Cn3cnc(C#N)n3)c(Cl)nc2c1. The summed E-state index contributed by atoms with van der Waals surface area (Å²) in [5, 5.41) is 14.1. The summed E-state index contributed by atoms with van der Waals surface area (Å²) < 4.78 is 6.72. The largest absolute Gasteiger partial charge is 0.497 e. The van der Waals surface area contributed by atoms with E-state index in [0.717, 1.165) is 22.2 Å². The van der Waals surface area contributed by atoms with Crippen molar-refractivity contribution < 1.29 is 4.74 Å². The maximum absolute atomic E-state index is 8.72. The third-order valence-electron chi connectivity index (χ3n) is 3.02. The summed E-state index contributed by atoms with van der Waals surface area (Å²) in [6.07, 6.45) is 1.49. The molecule has 21 heavy (non-hydrogen) atoms. The van der Waals surface area contributed by atoms with Gasteiger partial charge in [-0.05, 0) is 18.2 Å². The molecule has 0 N–H and O–H groups in total. The van der Waals surface area contributed by atoms with Crippen molar-refractivity contribution in [1.82, 2.24) is 19.7 Å². The van der Waals surface area contributed by atoms with Crippen LogP contribution in [-0.2, 0) is 6.54 Å². The third-order valence-corrected chi connectivity index (χ3v) is 3.35. The van der Waals surface area contributed by atoms with E-state index in [1.54, 1.807) is 11.8 Å². The second-order valence-electron chi connectivity index (χ2n) is 4.37. The standard InChI is InChI=1S/C14H10ClN5O/c1-21-11-3-2-9-4-10(14(15)18-12(9)5-11)7-20-8-17-13(6-16)19-20/h2-5,8H,7H2,1H3. The molecule has 0 saturated heterocycles. The van der Waals surface area contributed by atoms with Crippen molar-refractivity contribution in [3.05, 3.63) is 47.1 Å². The number of pyridine rings is 1. The molecule has 2 heterocycles. The number of fused-ring (bicyclic) bond motifs is 1. The molecule has 3 rings (SSSR count). The fourth-order valence-electron chi connectivity index (χ4n) is 2.00. The fraction of sp³-hybridized carbons (Fsp3) is 0.143. The summed E-state index contributed by atoms with van der Waals surface area (Å²) in [5.41, 5.74) is 1.57. The van der Waals surface area contributed by atoms with Gasteiger partial charge in [0.2, 0.25) is 0 Å². The molecule has 0 radical (unpaired) electrons. The van der Waals surface area contributed by atoms with Crippen molar-refractivity contribution in [2.75, 3.05) is 7.11 Å². The highest BCUT2D eigenvalue weighted by Crippen LogP contribution is 2.24. The first-order chi connectivity index (χ1) is 10.2. The van der Waals surface area contributed by atoms with Gasteiger partial charge in [0.05, 0.1) is 19.2 Å². The van der Waals surface area contributed by atoms with Gasteiger partial charge in [-0.2, -0.15) is 5.26 Å². The summed E-state index contributed by atoms with van der Waals surface area (Å²) in [7, 11) is 1.61. The zero-order chi connectivity index (χ0) is 14.8. The summed E-state index contributed by atoms with van der Waals surface area (Å²) >= 11 is 6.21. The van der Waals surface area contributed by atoms with Gasteiger partial charge in [-0.1, -0.05) is 11.6 Å². The lowest BCUT2D eigenvalue weighted by molar-refractivity contribution is 0.415. The van der Waals surface area contributed by atoms with Gasteiger partial charge in [-0.3, -0.25) is 0 Å². The first kappa shape index (κ1) is 13.3. The summed E-state index contributed by atoms with van der Waals surface area (Å²) in [4.78, 5) is 8.22. The lowest BCUT2D eigenvalue weighted by atomic mass is 10.1. The highest BCUT2D eigenvalue weighted by atomic mass is 35.5. The molecule has 6 nitrogen and oxygen atoms in total. The Morgan fingerprint density at radius 2 is 2.24 bits per heavy atom. The van der Waals surface area contributed by atoms with E-state index in [9.17, 15) is 0 Å². The minimum Gasteiger partial charge on any atom is -0.497 e. The molecule has 0 fully saturated rings. The van der Waals surface area contributed by atoms with Crippen molar-refractivity contribution >= 4 is 22.5 Å². The van der Waals surface area contributed by atoms with E-state index in [0.29, 0.717) is 11.7 Å². The Bertz CT molecular complexity index is 852. The quantitative estimate of drug-likeness (QED) is 0.694. The summed E-state index contributed by atoms with van der Waals surface area (Å²) in [6, 6.07) is 9.44. The maximum Gasteiger partial charge on any atom is 0.252 e. The zero-order valence-electron chi connectivity index (χ0n) is 11.1. The molecule has 0 saturated carbocycles. The van der Waals surface area contributed by atoms with E-state index in [4.69, 9.17) is 21.6 Å². The van der Waals surface area contributed by atoms with Crippen molar-refractivity contribution in [2.45, 2.75) is 6.54 Å². The average Bonchev–Trinajstić information content (AvgIpc) is 2.95. The highest BCUT2D eigenvalue weighted by Gasteiger charge is 2.08. The number of benzene rings is 1. The Hall–Kier alpha value is -2.65. The number of hydrogen-bond acceptors (Lipinski definition) is 5. The molecule has 0 amide bonds. The van der Waals surface area contributed by atoms with Crippen LogP contribution >= 0.6 is 11.6 Å². The topological polar surface area (TPSA) is 76.6 Å². The Kier molecular flexibility index (Phi) is 3.42. The molecule has 0 spiro atoms. The molecule has 0 aliphatic rings. The van der Waals surface area contributed by atoms with Crippen LogP contribution in [0.2, 0.25) is 5.15 Å². The third kappa shape index (κ3) is 2.64. The minimum atomic E-state index is 0.129. The van der Waals surface area contributed by atoms with Gasteiger partial charge < -0.3 is 4.74 Å². The highest BCUT2D eigenvalue weighted by molar-refractivity contribution is 6.30. The van der Waals surface area contributed by atoms with E-state index in [2.05, 4.69) is 15.1 Å². The van der Waals surface area contributed by atoms with Gasteiger partial charge in [-0.25, -0.2) is 14.6 Å². The first-order valence-corrected chi connectivity index (χ1v) is 6.50. The van der Waals surface area contributed by atoms with Gasteiger partial charge in [0.15, 0.2) is 0 Å². The van der Waals surface area contributed by atoms with Crippen LogP contribution in [-0.4, -0.2) is 26.9 Å². The number of ether oxygens (including phenoxy) is 1. The Balaban J connectivity index is 1.99. The normalized spacial score (nSPS) is 10.5. The molecule has 104 valence electrons. The van der Waals surface area contributed by atoms with Gasteiger partial charge in [0.1, 0.15) is 23.3 Å². The Morgan fingerprint density at radius 1 is 1.38 bits per heavy atom. The smallest absolute Gasteiger partial charge is 0.252 e. The number of halogens is 1. The number of hydrogen-bond donors (Lipinski definition) is 0. The van der Waals surface area contributed by atoms with E-state index >= 15 is 0 Å². The lowest BCUT2D eigenvalue weighted by Crippen LogP contribution is -2.02. The molecular formula is C14H10ClN5O. The predicted octanol–water partition coefficient (Wildman–Crippen LogP) is 2.41. The van der Waals surface area contributed by atoms with Gasteiger partial charge in [0.25, 0.3) is 5.82 Å². The fourth-order valence-corrected chi connectivity index (χ4v) is 2.21. The molecule has 0 atom stereocenters. The van der Waals surface area contributed by atoms with E-state index < -0.39 is 0 Å². The zero-order valence-corrected chi connectivity index (χ0v) is 11.9. The lowest BCUT2D eigenvalue weighted by Gasteiger charge is -2.07. The van der Waals surface area contributed by atoms with E-state index in [1.165, 1.54) is 6.33 Å². The van der Waals surface area contributed by atoms with Crippen LogP contribution in [0.4, 0.5) is 0 Å². The van der Waals surface area contributed by atoms with Crippen LogP contribution in [0, 0.1) is 11.3 Å². The predicted molar refractivity (Wildman–Crippen MR) is 77.1 cm³/mol. The molecule has 0 aliphatic heterocycles. The monoisotopic (exact) mass is 299 g/mol. The van der Waals surface area contributed by atoms with Crippen molar-refractivity contribution in [3.63, 3.8) is 0 Å². The molecule has 2 aromatic heterocycles. The van der Waals surface area contributed by atoms with Crippen molar-refractivity contribution in [2.24, 2.45) is 0 Å². The molecule has 1 aromatic carbocycles. The molecule has 0 bridgehead atoms. The van der Waals surface area contributed by atoms with E-state index in [1.807, 2.05) is 30.3 Å². The number of aromatic nitrogens is 4. The number of rotatable bonds is 3. The van der Waals surface area contributed by atoms with Crippen LogP contribution in [0.25, 0.3) is 10.9 Å². The van der Waals surface area contributed by atoms with Gasteiger partial charge in [-0.15, -0.1) is 5.10 Å². The van der Waals surface area contributed by atoms with Gasteiger partial charge in [0, 0.05) is 17.0 Å². The second-order valence-corrected chi connectivity index (χ2v) is 4.73. The molecule has 0 aliphatic carbocycles. The first-order valence-electron chi connectivity index (χ1n) is 6.12. The number of nitrogens with zero attached hydrogens (tertiary/aromatic N) is 5. The second kappa shape index (κ2) is 5.38. The molecule has 0 unspecified atom stereocenters. The molecular weight excluding hydrogens is 290 g/mol. The minimum absolute atomic E-state index is 0.129. The van der Waals surface area contributed by atoms with Crippen LogP contribution in [0.3, 0.4) is 0 Å². The van der Waals surface area contributed by atoms with Crippen LogP contribution in [0.1, 0.15) is 11.4 Å². The summed E-state index contributed by atoms with van der Waals surface area (Å²) in [6.45, 7) is 0.405. The van der Waals surface area contributed by atoms with Crippen molar-refractivity contribution in [1.29, 1.82) is 5.26 Å². The van der Waals surface area contributed by atoms with Crippen LogP contribution in [0.15, 0.2) is 30.6 Å². The average molecular weight is 300 g/mol. The van der Waals surface area contributed by atoms with Crippen LogP contribution < -0.4 is 4.74 Å². The summed E-state index contributed by atoms with van der Waals surface area (Å²) in [5.74, 6) is 0.860. The van der Waals surface area contributed by atoms with Crippen LogP contribution in [0.5, 0.6) is 5.75 Å². The van der Waals surface area contributed by atoms with E-state index in [-0.39, 0.29) is 5.82 Å². The number of methoxy groups -OCH3 is 1. The molecule has 3 aromatic rings. The van der Waals surface area contributed by atoms with Crippen molar-refractivity contribution in [3.8, 4) is 11.8 Å². The maximum atomic E-state index is 8.72. The Morgan fingerprint density at radius 3 is 2.95 bits per heavy atom. The van der Waals surface area contributed by atoms with Gasteiger partial charge >= 0.3 is 0 Å². The molecule has 7 heteroatoms. The Labute approximate surface area is 125 Å².